The van der Waals surface area contributed by atoms with E-state index in [0.29, 0.717) is 33.4 Å². The van der Waals surface area contributed by atoms with Crippen molar-refractivity contribution in [1.82, 2.24) is 5.32 Å². The molecule has 2 aliphatic carbocycles. The third kappa shape index (κ3) is 4.23. The van der Waals surface area contributed by atoms with E-state index in [1.807, 2.05) is 0 Å². The van der Waals surface area contributed by atoms with Gasteiger partial charge in [-0.2, -0.15) is 0 Å². The number of hydrogen-bond donors (Lipinski definition) is 2. The van der Waals surface area contributed by atoms with Crippen molar-refractivity contribution < 1.29 is 14.3 Å². The molecule has 0 saturated heterocycles. The Morgan fingerprint density at radius 1 is 1.16 bits per heavy atom. The maximum Gasteiger partial charge on any atom is 0.251 e. The van der Waals surface area contributed by atoms with Gasteiger partial charge in [-0.15, -0.1) is 12.4 Å². The molecular formula is C18H26BrClN2O3. The number of amides is 1. The van der Waals surface area contributed by atoms with E-state index in [0.717, 1.165) is 25.7 Å². The number of carbonyl (C=O) groups excluding carboxylic acids is 1. The summed E-state index contributed by atoms with van der Waals surface area (Å²) in [5.41, 5.74) is 6.73. The Morgan fingerprint density at radius 3 is 2.16 bits per heavy atom. The summed E-state index contributed by atoms with van der Waals surface area (Å²) in [6.45, 7) is 0. The van der Waals surface area contributed by atoms with Crippen molar-refractivity contribution in [3.8, 4) is 11.5 Å². The predicted molar refractivity (Wildman–Crippen MR) is 104 cm³/mol. The second kappa shape index (κ2) is 8.60. The van der Waals surface area contributed by atoms with Crippen LogP contribution in [0.3, 0.4) is 0 Å². The summed E-state index contributed by atoms with van der Waals surface area (Å²) in [5, 5.41) is 3.26. The molecule has 1 aromatic carbocycles. The van der Waals surface area contributed by atoms with Gasteiger partial charge in [0.05, 0.1) is 14.2 Å². The van der Waals surface area contributed by atoms with Gasteiger partial charge < -0.3 is 20.5 Å². The summed E-state index contributed by atoms with van der Waals surface area (Å²) in [6, 6.07) is 3.99. The summed E-state index contributed by atoms with van der Waals surface area (Å²) in [7, 11) is 3.16. The lowest BCUT2D eigenvalue weighted by Crippen LogP contribution is -2.53. The van der Waals surface area contributed by atoms with Crippen molar-refractivity contribution in [1.29, 1.82) is 0 Å². The Kier molecular flexibility index (Phi) is 7.00. The SMILES string of the molecule is COc1cc(C(=O)NC2C3CCCC2CC(N)C3)cc(OC)c1Br.Cl. The van der Waals surface area contributed by atoms with Crippen molar-refractivity contribution in [2.75, 3.05) is 14.2 Å². The molecule has 3 N–H and O–H groups in total. The van der Waals surface area contributed by atoms with Crippen LogP contribution in [-0.2, 0) is 0 Å². The highest BCUT2D eigenvalue weighted by Gasteiger charge is 2.40. The van der Waals surface area contributed by atoms with E-state index < -0.39 is 0 Å². The van der Waals surface area contributed by atoms with E-state index in [2.05, 4.69) is 21.2 Å². The minimum atomic E-state index is -0.0727. The lowest BCUT2D eigenvalue weighted by Gasteiger charge is -2.45. The van der Waals surface area contributed by atoms with Gasteiger partial charge in [-0.25, -0.2) is 0 Å². The molecule has 0 spiro atoms. The third-order valence-electron chi connectivity index (χ3n) is 5.38. The molecule has 140 valence electrons. The first-order chi connectivity index (χ1) is 11.5. The molecule has 25 heavy (non-hydrogen) atoms. The van der Waals surface area contributed by atoms with E-state index in [-0.39, 0.29) is 30.4 Å². The second-order valence-electron chi connectivity index (χ2n) is 6.88. The summed E-state index contributed by atoms with van der Waals surface area (Å²) in [4.78, 5) is 12.8. The van der Waals surface area contributed by atoms with Crippen molar-refractivity contribution in [3.05, 3.63) is 22.2 Å². The number of nitrogens with one attached hydrogen (secondary N) is 1. The fraction of sp³-hybridized carbons (Fsp3) is 0.611. The standard InChI is InChI=1S/C18H25BrN2O3.ClH/c1-23-14-8-12(9-15(24-2)16(14)19)18(22)21-17-10-4-3-5-11(17)7-13(20)6-10;/h8-11,13,17H,3-7,20H2,1-2H3,(H,21,22);1H. The number of carbonyl (C=O) groups is 1. The molecule has 1 amide bonds. The van der Waals surface area contributed by atoms with E-state index in [4.69, 9.17) is 15.2 Å². The van der Waals surface area contributed by atoms with Gasteiger partial charge in [0.1, 0.15) is 16.0 Å². The summed E-state index contributed by atoms with van der Waals surface area (Å²) < 4.78 is 11.4. The number of fused-ring (bicyclic) bond motifs is 2. The molecule has 3 rings (SSSR count). The van der Waals surface area contributed by atoms with Crippen LogP contribution in [0.25, 0.3) is 0 Å². The topological polar surface area (TPSA) is 73.6 Å². The molecule has 0 radical (unpaired) electrons. The van der Waals surface area contributed by atoms with Crippen molar-refractivity contribution in [3.63, 3.8) is 0 Å². The lowest BCUT2D eigenvalue weighted by atomic mass is 9.67. The maximum atomic E-state index is 12.8. The highest BCUT2D eigenvalue weighted by Crippen LogP contribution is 2.40. The van der Waals surface area contributed by atoms with Crippen LogP contribution < -0.4 is 20.5 Å². The molecule has 2 aliphatic rings. The molecule has 2 unspecified atom stereocenters. The first-order valence-corrected chi connectivity index (χ1v) is 9.30. The van der Waals surface area contributed by atoms with Crippen LogP contribution in [0.15, 0.2) is 16.6 Å². The van der Waals surface area contributed by atoms with E-state index >= 15 is 0 Å². The van der Waals surface area contributed by atoms with Crippen molar-refractivity contribution in [2.45, 2.75) is 44.2 Å². The summed E-state index contributed by atoms with van der Waals surface area (Å²) >= 11 is 3.43. The normalized spacial score (nSPS) is 27.8. The van der Waals surface area contributed by atoms with Gasteiger partial charge in [0, 0.05) is 17.6 Å². The fourth-order valence-electron chi connectivity index (χ4n) is 4.26. The van der Waals surface area contributed by atoms with Gasteiger partial charge in [-0.05, 0) is 65.6 Å². The number of nitrogens with two attached hydrogens (primary N) is 1. The Morgan fingerprint density at radius 2 is 1.68 bits per heavy atom. The summed E-state index contributed by atoms with van der Waals surface area (Å²) in [5.74, 6) is 2.10. The van der Waals surface area contributed by atoms with Gasteiger partial charge in [0.25, 0.3) is 5.91 Å². The molecule has 5 nitrogen and oxygen atoms in total. The quantitative estimate of drug-likeness (QED) is 0.762. The second-order valence-corrected chi connectivity index (χ2v) is 7.67. The molecule has 0 heterocycles. The van der Waals surface area contributed by atoms with Gasteiger partial charge in [-0.3, -0.25) is 4.79 Å². The Bertz CT molecular complexity index is 589. The number of halogens is 2. The Balaban J connectivity index is 0.00000225. The molecular weight excluding hydrogens is 408 g/mol. The van der Waals surface area contributed by atoms with Gasteiger partial charge in [0.2, 0.25) is 0 Å². The van der Waals surface area contributed by atoms with E-state index in [1.165, 1.54) is 6.42 Å². The molecule has 2 saturated carbocycles. The average molecular weight is 434 g/mol. The van der Waals surface area contributed by atoms with E-state index in [9.17, 15) is 4.79 Å². The molecule has 2 atom stereocenters. The predicted octanol–water partition coefficient (Wildman–Crippen LogP) is 3.52. The number of ether oxygens (including phenoxy) is 2. The van der Waals surface area contributed by atoms with Gasteiger partial charge in [0.15, 0.2) is 0 Å². The monoisotopic (exact) mass is 432 g/mol. The van der Waals surface area contributed by atoms with E-state index in [1.54, 1.807) is 26.4 Å². The van der Waals surface area contributed by atoms with Crippen LogP contribution in [0.4, 0.5) is 0 Å². The first-order valence-electron chi connectivity index (χ1n) is 8.51. The number of benzene rings is 1. The molecule has 1 aromatic rings. The minimum Gasteiger partial charge on any atom is -0.495 e. The van der Waals surface area contributed by atoms with Crippen LogP contribution >= 0.6 is 28.3 Å². The zero-order chi connectivity index (χ0) is 17.3. The number of hydrogen-bond acceptors (Lipinski definition) is 4. The smallest absolute Gasteiger partial charge is 0.251 e. The number of methoxy groups -OCH3 is 2. The average Bonchev–Trinajstić information content (AvgIpc) is 2.55. The molecule has 7 heteroatoms. The lowest BCUT2D eigenvalue weighted by molar-refractivity contribution is 0.0755. The van der Waals surface area contributed by atoms with Crippen LogP contribution in [0, 0.1) is 11.8 Å². The van der Waals surface area contributed by atoms with Gasteiger partial charge in [-0.1, -0.05) is 6.42 Å². The fourth-order valence-corrected chi connectivity index (χ4v) is 4.81. The van der Waals surface area contributed by atoms with Crippen molar-refractivity contribution >= 4 is 34.2 Å². The highest BCUT2D eigenvalue weighted by molar-refractivity contribution is 9.10. The molecule has 0 aromatic heterocycles. The Hall–Kier alpha value is -0.980. The van der Waals surface area contributed by atoms with Crippen LogP contribution in [-0.4, -0.2) is 32.2 Å². The molecule has 2 fully saturated rings. The number of rotatable bonds is 4. The minimum absolute atomic E-state index is 0. The first kappa shape index (κ1) is 20.3. The van der Waals surface area contributed by atoms with Crippen LogP contribution in [0.1, 0.15) is 42.5 Å². The van der Waals surface area contributed by atoms with Crippen LogP contribution in [0.5, 0.6) is 11.5 Å². The largest absolute Gasteiger partial charge is 0.495 e. The zero-order valence-electron chi connectivity index (χ0n) is 14.6. The van der Waals surface area contributed by atoms with Gasteiger partial charge >= 0.3 is 0 Å². The maximum absolute atomic E-state index is 12.8. The zero-order valence-corrected chi connectivity index (χ0v) is 17.0. The van der Waals surface area contributed by atoms with Crippen molar-refractivity contribution in [2.24, 2.45) is 17.6 Å². The third-order valence-corrected chi connectivity index (χ3v) is 6.16. The summed E-state index contributed by atoms with van der Waals surface area (Å²) in [6.07, 6.45) is 5.57. The van der Waals surface area contributed by atoms with Crippen LogP contribution in [0.2, 0.25) is 0 Å². The Labute approximate surface area is 163 Å². The molecule has 2 bridgehead atoms. The highest BCUT2D eigenvalue weighted by atomic mass is 79.9. The molecule has 0 aliphatic heterocycles.